The van der Waals surface area contributed by atoms with Gasteiger partial charge in [-0.25, -0.2) is 13.7 Å². The molecule has 4 rings (SSSR count). The Kier molecular flexibility index (Phi) is 7.27. The van der Waals surface area contributed by atoms with E-state index in [1.54, 1.807) is 0 Å². The van der Waals surface area contributed by atoms with Crippen LogP contribution >= 0.6 is 11.6 Å². The largest absolute Gasteiger partial charge is 0.371 e. The number of benzene rings is 2. The zero-order chi connectivity index (χ0) is 24.2. The van der Waals surface area contributed by atoms with Gasteiger partial charge in [-0.05, 0) is 48.7 Å². The third-order valence-corrected chi connectivity index (χ3v) is 6.62. The minimum absolute atomic E-state index is 0.653. The summed E-state index contributed by atoms with van der Waals surface area (Å²) in [5.41, 5.74) is 6.20. The van der Waals surface area contributed by atoms with Gasteiger partial charge in [0, 0.05) is 48.9 Å². The molecule has 2 aromatic heterocycles. The van der Waals surface area contributed by atoms with E-state index in [2.05, 4.69) is 79.3 Å². The SMILES string of the molecule is CCCN(CCc1cc[n+](C)cc1)c1ccc(/N=N/c2cc(Cl)cc3c2[n+](C)c(C)n3C)cc1. The molecule has 0 saturated heterocycles. The Labute approximate surface area is 206 Å². The second-order valence-corrected chi connectivity index (χ2v) is 9.22. The van der Waals surface area contributed by atoms with Crippen molar-refractivity contribution in [2.45, 2.75) is 26.7 Å². The summed E-state index contributed by atoms with van der Waals surface area (Å²) in [4.78, 5) is 2.43. The molecular weight excluding hydrogens is 444 g/mol. The minimum atomic E-state index is 0.653. The molecular formula is C27H33ClN6+2. The maximum absolute atomic E-state index is 6.38. The van der Waals surface area contributed by atoms with Crippen molar-refractivity contribution in [1.29, 1.82) is 0 Å². The predicted octanol–water partition coefficient (Wildman–Crippen LogP) is 5.66. The van der Waals surface area contributed by atoms with Crippen LogP contribution in [0, 0.1) is 6.92 Å². The maximum atomic E-state index is 6.38. The molecule has 0 spiro atoms. The lowest BCUT2D eigenvalue weighted by Crippen LogP contribution is -2.30. The fraction of sp³-hybridized carbons (Fsp3) is 0.333. The number of rotatable bonds is 8. The van der Waals surface area contributed by atoms with E-state index < -0.39 is 0 Å². The first-order valence-corrected chi connectivity index (χ1v) is 12.1. The van der Waals surface area contributed by atoms with Crippen molar-refractivity contribution < 1.29 is 9.13 Å². The lowest BCUT2D eigenvalue weighted by atomic mass is 10.1. The Morgan fingerprint density at radius 3 is 2.35 bits per heavy atom. The van der Waals surface area contributed by atoms with Crippen LogP contribution in [0.15, 0.2) is 71.2 Å². The van der Waals surface area contributed by atoms with E-state index in [9.17, 15) is 0 Å². The first-order chi connectivity index (χ1) is 16.4. The van der Waals surface area contributed by atoms with Crippen molar-refractivity contribution in [3.8, 4) is 0 Å². The first-order valence-electron chi connectivity index (χ1n) is 11.7. The monoisotopic (exact) mass is 476 g/mol. The van der Waals surface area contributed by atoms with Gasteiger partial charge < -0.3 is 4.90 Å². The topological polar surface area (TPSA) is 40.6 Å². The molecule has 176 valence electrons. The summed E-state index contributed by atoms with van der Waals surface area (Å²) in [6.45, 7) is 6.29. The molecule has 0 saturated carbocycles. The molecule has 0 amide bonds. The summed E-state index contributed by atoms with van der Waals surface area (Å²) in [6.07, 6.45) is 6.32. The lowest BCUT2D eigenvalue weighted by Gasteiger charge is -2.24. The van der Waals surface area contributed by atoms with Crippen LogP contribution in [-0.2, 0) is 27.6 Å². The van der Waals surface area contributed by atoms with Crippen molar-refractivity contribution in [2.75, 3.05) is 18.0 Å². The van der Waals surface area contributed by atoms with Crippen LogP contribution < -0.4 is 14.0 Å². The second-order valence-electron chi connectivity index (χ2n) is 8.78. The van der Waals surface area contributed by atoms with Crippen LogP contribution in [0.2, 0.25) is 5.02 Å². The molecule has 0 unspecified atom stereocenters. The number of azo groups is 1. The molecule has 0 bridgehead atoms. The highest BCUT2D eigenvalue weighted by molar-refractivity contribution is 6.31. The summed E-state index contributed by atoms with van der Waals surface area (Å²) in [5.74, 6) is 1.12. The van der Waals surface area contributed by atoms with Crippen LogP contribution in [-0.4, -0.2) is 17.7 Å². The molecule has 6 nitrogen and oxygen atoms in total. The van der Waals surface area contributed by atoms with Crippen LogP contribution in [0.4, 0.5) is 17.1 Å². The van der Waals surface area contributed by atoms with Crippen molar-refractivity contribution in [1.82, 2.24) is 4.57 Å². The Morgan fingerprint density at radius 2 is 1.68 bits per heavy atom. The number of hydrogen-bond acceptors (Lipinski definition) is 3. The number of hydrogen-bond donors (Lipinski definition) is 0. The smallest absolute Gasteiger partial charge is 0.253 e. The molecule has 2 heterocycles. The van der Waals surface area contributed by atoms with Gasteiger partial charge in [0.2, 0.25) is 5.52 Å². The Bertz CT molecular complexity index is 1310. The summed E-state index contributed by atoms with van der Waals surface area (Å²) in [6, 6.07) is 16.5. The van der Waals surface area contributed by atoms with Gasteiger partial charge in [0.25, 0.3) is 5.82 Å². The van der Waals surface area contributed by atoms with E-state index in [4.69, 9.17) is 11.6 Å². The van der Waals surface area contributed by atoms with Gasteiger partial charge in [0.1, 0.15) is 12.7 Å². The number of aryl methyl sites for hydroxylation is 3. The fourth-order valence-electron chi connectivity index (χ4n) is 4.25. The van der Waals surface area contributed by atoms with Crippen molar-refractivity contribution in [3.05, 3.63) is 77.3 Å². The fourth-order valence-corrected chi connectivity index (χ4v) is 4.46. The number of imidazole rings is 1. The molecule has 0 N–H and O–H groups in total. The van der Waals surface area contributed by atoms with E-state index >= 15 is 0 Å². The molecule has 0 aliphatic heterocycles. The predicted molar refractivity (Wildman–Crippen MR) is 138 cm³/mol. The summed E-state index contributed by atoms with van der Waals surface area (Å²) in [7, 11) is 6.12. The maximum Gasteiger partial charge on any atom is 0.253 e. The summed E-state index contributed by atoms with van der Waals surface area (Å²) < 4.78 is 6.30. The quantitative estimate of drug-likeness (QED) is 0.239. The molecule has 7 heteroatoms. The summed E-state index contributed by atoms with van der Waals surface area (Å²) >= 11 is 6.38. The number of nitrogens with zero attached hydrogens (tertiary/aromatic N) is 6. The van der Waals surface area contributed by atoms with Gasteiger partial charge in [-0.1, -0.05) is 18.5 Å². The van der Waals surface area contributed by atoms with Gasteiger partial charge in [-0.2, -0.15) is 5.11 Å². The zero-order valence-electron chi connectivity index (χ0n) is 20.7. The van der Waals surface area contributed by atoms with E-state index in [0.29, 0.717) is 5.02 Å². The van der Waals surface area contributed by atoms with E-state index in [1.165, 1.54) is 11.3 Å². The number of fused-ring (bicyclic) bond motifs is 1. The van der Waals surface area contributed by atoms with E-state index in [0.717, 1.165) is 54.2 Å². The Morgan fingerprint density at radius 1 is 0.971 bits per heavy atom. The van der Waals surface area contributed by atoms with Gasteiger partial charge in [-0.15, -0.1) is 5.11 Å². The minimum Gasteiger partial charge on any atom is -0.371 e. The highest BCUT2D eigenvalue weighted by Gasteiger charge is 2.20. The van der Waals surface area contributed by atoms with Crippen molar-refractivity contribution in [2.24, 2.45) is 31.4 Å². The standard InChI is InChI=1S/C27H33ClN6/c1-6-14-34(17-13-21-11-15-31(3)16-12-21)24-9-7-23(8-10-24)29-30-25-18-22(28)19-26-27(25)33(5)20(2)32(26)4/h7-12,15-16,18-19H,6,13-14,17H2,1-5H3/q+2/b30-29+. The average Bonchev–Trinajstić information content (AvgIpc) is 3.05. The highest BCUT2D eigenvalue weighted by atomic mass is 35.5. The van der Waals surface area contributed by atoms with Crippen LogP contribution in [0.25, 0.3) is 11.0 Å². The second kappa shape index (κ2) is 10.3. The molecule has 0 fully saturated rings. The number of aromatic nitrogens is 3. The van der Waals surface area contributed by atoms with Gasteiger partial charge in [0.05, 0.1) is 19.8 Å². The molecule has 0 atom stereocenters. The van der Waals surface area contributed by atoms with Crippen molar-refractivity contribution >= 4 is 39.7 Å². The lowest BCUT2D eigenvalue weighted by molar-refractivity contribution is -0.671. The van der Waals surface area contributed by atoms with Crippen LogP contribution in [0.1, 0.15) is 24.7 Å². The normalized spacial score (nSPS) is 11.6. The highest BCUT2D eigenvalue weighted by Crippen LogP contribution is 2.30. The third kappa shape index (κ3) is 5.12. The molecule has 4 aromatic rings. The summed E-state index contributed by atoms with van der Waals surface area (Å²) in [5, 5.41) is 9.74. The van der Waals surface area contributed by atoms with Crippen LogP contribution in [0.5, 0.6) is 0 Å². The number of anilines is 1. The van der Waals surface area contributed by atoms with E-state index in [-0.39, 0.29) is 0 Å². The third-order valence-electron chi connectivity index (χ3n) is 6.40. The molecule has 0 radical (unpaired) electrons. The van der Waals surface area contributed by atoms with Gasteiger partial charge >= 0.3 is 0 Å². The molecule has 0 aliphatic rings. The van der Waals surface area contributed by atoms with Crippen LogP contribution in [0.3, 0.4) is 0 Å². The zero-order valence-corrected chi connectivity index (χ0v) is 21.4. The number of pyridine rings is 1. The molecule has 2 aromatic carbocycles. The first kappa shape index (κ1) is 23.9. The average molecular weight is 477 g/mol. The number of halogens is 1. The Hall–Kier alpha value is -3.25. The van der Waals surface area contributed by atoms with Crippen molar-refractivity contribution in [3.63, 3.8) is 0 Å². The molecule has 34 heavy (non-hydrogen) atoms. The van der Waals surface area contributed by atoms with Gasteiger partial charge in [-0.3, -0.25) is 0 Å². The van der Waals surface area contributed by atoms with E-state index in [1.807, 2.05) is 45.4 Å². The molecule has 0 aliphatic carbocycles. The van der Waals surface area contributed by atoms with Gasteiger partial charge in [0.15, 0.2) is 17.9 Å². The Balaban J connectivity index is 1.52.